The van der Waals surface area contributed by atoms with Crippen LogP contribution in [0.15, 0.2) is 0 Å². The normalized spacial score (nSPS) is 14.4. The summed E-state index contributed by atoms with van der Waals surface area (Å²) < 4.78 is 69.0. The van der Waals surface area contributed by atoms with Gasteiger partial charge in [-0.3, -0.25) is 37.3 Å². The molecule has 0 rings (SSSR count). The van der Waals surface area contributed by atoms with E-state index in [-0.39, 0.29) is 25.7 Å². The number of carbonyl (C=O) groups excluding carboxylic acids is 4. The first-order valence-electron chi connectivity index (χ1n) is 44.9. The Labute approximate surface area is 651 Å². The molecule has 0 amide bonds. The standard InChI is InChI=1S/C87H170O17P2/c1-8-11-12-13-14-15-16-25-32-40-47-54-61-68-84(89)97-75-83(104-87(92)71-64-57-50-43-36-35-39-46-53-60-67-80(7)10-3)77-102-106(95,96)100-73-81(88)72-99-105(93,94)101-76-82(74-98-85(90)69-62-55-48-41-33-28-24-23-26-30-37-44-51-58-65-78(4)5)103-86(91)70-63-56-49-42-34-29-22-20-18-17-19-21-27-31-38-45-52-59-66-79(6)9-2/h78-83,88H,8-77H2,1-7H3,(H,93,94)(H,95,96)/t79?,80?,81-,82-,83-/m1/s1. The number of phosphoric acid groups is 2. The van der Waals surface area contributed by atoms with E-state index in [1.807, 2.05) is 0 Å². The molecule has 0 aliphatic heterocycles. The number of hydrogen-bond donors (Lipinski definition) is 3. The van der Waals surface area contributed by atoms with Gasteiger partial charge in [0.2, 0.25) is 0 Å². The van der Waals surface area contributed by atoms with Crippen molar-refractivity contribution in [2.45, 2.75) is 478 Å². The highest BCUT2D eigenvalue weighted by molar-refractivity contribution is 7.47. The zero-order valence-electron chi connectivity index (χ0n) is 69.9. The van der Waals surface area contributed by atoms with Crippen molar-refractivity contribution < 1.29 is 80.2 Å². The summed E-state index contributed by atoms with van der Waals surface area (Å²) in [5, 5.41) is 10.7. The molecule has 0 bridgehead atoms. The average Bonchev–Trinajstić information content (AvgIpc) is 0.904. The van der Waals surface area contributed by atoms with E-state index >= 15 is 0 Å². The molecular weight excluding hydrogens is 1380 g/mol. The first kappa shape index (κ1) is 104. The Kier molecular flexibility index (Phi) is 75.6. The fraction of sp³-hybridized carbons (Fsp3) is 0.954. The molecule has 106 heavy (non-hydrogen) atoms. The lowest BCUT2D eigenvalue weighted by atomic mass is 9.99. The monoisotopic (exact) mass is 1550 g/mol. The van der Waals surface area contributed by atoms with Crippen LogP contribution in [0.1, 0.15) is 459 Å². The second-order valence-electron chi connectivity index (χ2n) is 32.2. The van der Waals surface area contributed by atoms with Crippen LogP contribution >= 0.6 is 15.6 Å². The Bertz CT molecular complexity index is 2050. The van der Waals surface area contributed by atoms with Crippen LogP contribution in [0.5, 0.6) is 0 Å². The number of esters is 4. The maximum Gasteiger partial charge on any atom is 0.472 e. The predicted molar refractivity (Wildman–Crippen MR) is 437 cm³/mol. The number of hydrogen-bond acceptors (Lipinski definition) is 15. The third-order valence-electron chi connectivity index (χ3n) is 21.1. The summed E-state index contributed by atoms with van der Waals surface area (Å²) >= 11 is 0. The highest BCUT2D eigenvalue weighted by Crippen LogP contribution is 2.45. The molecule has 0 heterocycles. The van der Waals surface area contributed by atoms with Crippen LogP contribution in [0, 0.1) is 17.8 Å². The van der Waals surface area contributed by atoms with E-state index in [1.165, 1.54) is 270 Å². The van der Waals surface area contributed by atoms with E-state index in [1.54, 1.807) is 0 Å². The quantitative estimate of drug-likeness (QED) is 0.0222. The highest BCUT2D eigenvalue weighted by atomic mass is 31.2. The number of carbonyl (C=O) groups is 4. The van der Waals surface area contributed by atoms with Gasteiger partial charge in [0.15, 0.2) is 12.2 Å². The van der Waals surface area contributed by atoms with Crippen LogP contribution in [-0.2, 0) is 65.4 Å². The molecule has 4 unspecified atom stereocenters. The summed E-state index contributed by atoms with van der Waals surface area (Å²) in [7, 11) is -9.93. The molecule has 0 aromatic rings. The Morgan fingerprint density at radius 1 is 0.274 bits per heavy atom. The lowest BCUT2D eigenvalue weighted by molar-refractivity contribution is -0.161. The van der Waals surface area contributed by atoms with Crippen molar-refractivity contribution in [2.75, 3.05) is 39.6 Å². The lowest BCUT2D eigenvalue weighted by Crippen LogP contribution is -2.30. The molecule has 0 aromatic carbocycles. The van der Waals surface area contributed by atoms with Crippen LogP contribution in [-0.4, -0.2) is 96.7 Å². The van der Waals surface area contributed by atoms with Gasteiger partial charge in [0, 0.05) is 25.7 Å². The van der Waals surface area contributed by atoms with Crippen LogP contribution < -0.4 is 0 Å². The van der Waals surface area contributed by atoms with Gasteiger partial charge in [-0.25, -0.2) is 9.13 Å². The Balaban J connectivity index is 5.25. The predicted octanol–water partition coefficient (Wildman–Crippen LogP) is 26.5. The zero-order valence-corrected chi connectivity index (χ0v) is 71.7. The van der Waals surface area contributed by atoms with Gasteiger partial charge in [-0.05, 0) is 43.4 Å². The highest BCUT2D eigenvalue weighted by Gasteiger charge is 2.31. The van der Waals surface area contributed by atoms with Crippen molar-refractivity contribution in [2.24, 2.45) is 17.8 Å². The molecule has 0 saturated carbocycles. The van der Waals surface area contributed by atoms with E-state index in [4.69, 9.17) is 37.0 Å². The second-order valence-corrected chi connectivity index (χ2v) is 35.1. The molecule has 3 N–H and O–H groups in total. The van der Waals surface area contributed by atoms with Gasteiger partial charge in [0.25, 0.3) is 0 Å². The van der Waals surface area contributed by atoms with Crippen molar-refractivity contribution in [3.05, 3.63) is 0 Å². The third-order valence-corrected chi connectivity index (χ3v) is 23.0. The van der Waals surface area contributed by atoms with Crippen molar-refractivity contribution in [3.8, 4) is 0 Å². The molecule has 0 saturated heterocycles. The van der Waals surface area contributed by atoms with Crippen molar-refractivity contribution in [1.82, 2.24) is 0 Å². The zero-order chi connectivity index (χ0) is 77.9. The summed E-state index contributed by atoms with van der Waals surface area (Å²) in [5.74, 6) is 0.371. The van der Waals surface area contributed by atoms with E-state index in [2.05, 4.69) is 48.5 Å². The van der Waals surface area contributed by atoms with Gasteiger partial charge in [0.1, 0.15) is 19.3 Å². The molecular formula is C87H170O17P2. The lowest BCUT2D eigenvalue weighted by Gasteiger charge is -2.21. The molecule has 0 aromatic heterocycles. The van der Waals surface area contributed by atoms with Crippen molar-refractivity contribution in [1.29, 1.82) is 0 Å². The minimum absolute atomic E-state index is 0.107. The van der Waals surface area contributed by atoms with Gasteiger partial charge in [0.05, 0.1) is 26.4 Å². The number of unbranched alkanes of at least 4 members (excludes halogenated alkanes) is 51. The van der Waals surface area contributed by atoms with Gasteiger partial charge in [-0.15, -0.1) is 0 Å². The topological polar surface area (TPSA) is 237 Å². The number of rotatable bonds is 85. The smallest absolute Gasteiger partial charge is 0.462 e. The van der Waals surface area contributed by atoms with Gasteiger partial charge in [-0.1, -0.05) is 408 Å². The number of aliphatic hydroxyl groups is 1. The second kappa shape index (κ2) is 77.0. The maximum absolute atomic E-state index is 13.2. The first-order valence-corrected chi connectivity index (χ1v) is 47.9. The molecule has 17 nitrogen and oxygen atoms in total. The summed E-state index contributed by atoms with van der Waals surface area (Å²) in [5.41, 5.74) is 0. The van der Waals surface area contributed by atoms with Crippen LogP contribution in [0.4, 0.5) is 0 Å². The number of aliphatic hydroxyl groups excluding tert-OH is 1. The summed E-state index contributed by atoms with van der Waals surface area (Å²) in [6.45, 7) is 12.1. The van der Waals surface area contributed by atoms with Crippen LogP contribution in [0.3, 0.4) is 0 Å². The Morgan fingerprint density at radius 3 is 0.717 bits per heavy atom. The minimum atomic E-state index is -4.97. The largest absolute Gasteiger partial charge is 0.472 e. The third kappa shape index (κ3) is 77.4. The maximum atomic E-state index is 13.2. The van der Waals surface area contributed by atoms with Gasteiger partial charge >= 0.3 is 39.5 Å². The Hall–Kier alpha value is -1.94. The van der Waals surface area contributed by atoms with E-state index in [9.17, 15) is 43.2 Å². The average molecular weight is 1550 g/mol. The first-order chi connectivity index (χ1) is 51.3. The molecule has 0 fully saturated rings. The van der Waals surface area contributed by atoms with Crippen LogP contribution in [0.2, 0.25) is 0 Å². The van der Waals surface area contributed by atoms with Gasteiger partial charge < -0.3 is 33.8 Å². The fourth-order valence-electron chi connectivity index (χ4n) is 13.5. The fourth-order valence-corrected chi connectivity index (χ4v) is 15.1. The molecule has 7 atom stereocenters. The van der Waals surface area contributed by atoms with Crippen molar-refractivity contribution >= 4 is 39.5 Å². The van der Waals surface area contributed by atoms with Crippen molar-refractivity contribution in [3.63, 3.8) is 0 Å². The summed E-state index contributed by atoms with van der Waals surface area (Å²) in [4.78, 5) is 73.3. The summed E-state index contributed by atoms with van der Waals surface area (Å²) in [6, 6.07) is 0. The molecule has 19 heteroatoms. The Morgan fingerprint density at radius 2 is 0.481 bits per heavy atom. The molecule has 0 aliphatic carbocycles. The SMILES string of the molecule is CCCCCCCCCCCCCCCC(=O)OC[C@H](COP(=O)(O)OC[C@H](O)COP(=O)(O)OC[C@@H](COC(=O)CCCCCCCCCCCCCCCCC(C)C)OC(=O)CCCCCCCCCCCCCCCCCCCCC(C)CC)OC(=O)CCCCCCCCCCCCC(C)CC. The molecule has 630 valence electrons. The van der Waals surface area contributed by atoms with Crippen LogP contribution in [0.25, 0.3) is 0 Å². The minimum Gasteiger partial charge on any atom is -0.462 e. The summed E-state index contributed by atoms with van der Waals surface area (Å²) in [6.07, 6.45) is 67.8. The van der Waals surface area contributed by atoms with E-state index in [0.717, 1.165) is 108 Å². The number of phosphoric ester groups is 2. The molecule has 0 radical (unpaired) electrons. The van der Waals surface area contributed by atoms with Gasteiger partial charge in [-0.2, -0.15) is 0 Å². The molecule has 0 aliphatic rings. The molecule has 0 spiro atoms. The number of ether oxygens (including phenoxy) is 4. The van der Waals surface area contributed by atoms with E-state index in [0.29, 0.717) is 25.7 Å². The van der Waals surface area contributed by atoms with E-state index < -0.39 is 97.5 Å².